The monoisotopic (exact) mass is 339 g/mol. The number of rotatable bonds is 4. The number of nitro groups is 1. The molecule has 2 aromatic rings. The van der Waals surface area contributed by atoms with Gasteiger partial charge >= 0.3 is 5.69 Å². The molecule has 0 aromatic heterocycles. The summed E-state index contributed by atoms with van der Waals surface area (Å²) in [5.74, 6) is -0.541. The molecule has 0 heterocycles. The maximum absolute atomic E-state index is 13.8. The van der Waals surface area contributed by atoms with Crippen LogP contribution in [0.3, 0.4) is 0 Å². The van der Waals surface area contributed by atoms with Gasteiger partial charge in [0, 0.05) is 17.0 Å². The zero-order chi connectivity index (χ0) is 14.7. The number of aryl methyl sites for hydroxylation is 1. The van der Waals surface area contributed by atoms with E-state index >= 15 is 0 Å². The van der Waals surface area contributed by atoms with Crippen molar-refractivity contribution < 1.29 is 14.1 Å². The Morgan fingerprint density at radius 2 is 2.10 bits per heavy atom. The smallest absolute Gasteiger partial charge is 0.311 e. The van der Waals surface area contributed by atoms with E-state index in [1.807, 2.05) is 0 Å². The predicted molar refractivity (Wildman–Crippen MR) is 76.9 cm³/mol. The molecule has 0 radical (unpaired) electrons. The molecule has 0 saturated carbocycles. The molecular weight excluding hydrogens is 329 g/mol. The number of para-hydroxylation sites is 1. The highest BCUT2D eigenvalue weighted by molar-refractivity contribution is 9.08. The summed E-state index contributed by atoms with van der Waals surface area (Å²) in [6.45, 7) is 1.74. The van der Waals surface area contributed by atoms with Gasteiger partial charge in [-0.25, -0.2) is 4.39 Å². The van der Waals surface area contributed by atoms with Gasteiger partial charge in [0.25, 0.3) is 0 Å². The Kier molecular flexibility index (Phi) is 4.34. The van der Waals surface area contributed by atoms with Gasteiger partial charge < -0.3 is 4.74 Å². The van der Waals surface area contributed by atoms with Crippen molar-refractivity contribution in [2.75, 3.05) is 0 Å². The van der Waals surface area contributed by atoms with Gasteiger partial charge in [0.2, 0.25) is 5.75 Å². The summed E-state index contributed by atoms with van der Waals surface area (Å²) in [6, 6.07) is 9.04. The average Bonchev–Trinajstić information content (AvgIpc) is 2.42. The van der Waals surface area contributed by atoms with Gasteiger partial charge in [-0.1, -0.05) is 34.1 Å². The highest BCUT2D eigenvalue weighted by Crippen LogP contribution is 2.35. The molecule has 0 amide bonds. The van der Waals surface area contributed by atoms with Crippen molar-refractivity contribution in [3.8, 4) is 11.5 Å². The lowest BCUT2D eigenvalue weighted by Gasteiger charge is -2.11. The average molecular weight is 340 g/mol. The number of hydrogen-bond donors (Lipinski definition) is 0. The largest absolute Gasteiger partial charge is 0.447 e. The number of hydrogen-bond acceptors (Lipinski definition) is 3. The summed E-state index contributed by atoms with van der Waals surface area (Å²) in [5, 5.41) is 11.4. The molecule has 0 aliphatic heterocycles. The third-order valence-corrected chi connectivity index (χ3v) is 3.32. The molecular formula is C14H11BrFNO3. The minimum atomic E-state index is -0.558. The van der Waals surface area contributed by atoms with Gasteiger partial charge in [0.05, 0.1) is 4.92 Å². The summed E-state index contributed by atoms with van der Waals surface area (Å²) in [4.78, 5) is 10.5. The molecule has 104 valence electrons. The number of halogens is 2. The highest BCUT2D eigenvalue weighted by atomic mass is 79.9. The highest BCUT2D eigenvalue weighted by Gasteiger charge is 2.18. The molecule has 0 aliphatic rings. The van der Waals surface area contributed by atoms with Crippen LogP contribution in [0.1, 0.15) is 11.1 Å². The minimum Gasteiger partial charge on any atom is -0.447 e. The molecule has 2 aromatic carbocycles. The third kappa shape index (κ3) is 2.96. The Bertz CT molecular complexity index is 661. The number of nitrogens with zero attached hydrogens (tertiary/aromatic N) is 1. The van der Waals surface area contributed by atoms with Crippen LogP contribution in [0.15, 0.2) is 36.4 Å². The maximum atomic E-state index is 13.8. The van der Waals surface area contributed by atoms with E-state index in [-0.39, 0.29) is 17.2 Å². The molecule has 0 atom stereocenters. The van der Waals surface area contributed by atoms with E-state index in [0.717, 1.165) is 5.56 Å². The van der Waals surface area contributed by atoms with Crippen LogP contribution in [0.25, 0.3) is 0 Å². The van der Waals surface area contributed by atoms with Crippen LogP contribution in [-0.4, -0.2) is 4.92 Å². The Hall–Kier alpha value is -1.95. The fourth-order valence-corrected chi connectivity index (χ4v) is 2.18. The molecule has 0 bridgehead atoms. The first kappa shape index (κ1) is 14.5. The molecule has 0 saturated heterocycles. The van der Waals surface area contributed by atoms with Gasteiger partial charge in [-0.3, -0.25) is 10.1 Å². The van der Waals surface area contributed by atoms with E-state index in [2.05, 4.69) is 15.9 Å². The number of nitro benzene ring substituents is 1. The van der Waals surface area contributed by atoms with Crippen molar-refractivity contribution >= 4 is 21.6 Å². The topological polar surface area (TPSA) is 52.4 Å². The van der Waals surface area contributed by atoms with Gasteiger partial charge in [0.1, 0.15) is 0 Å². The van der Waals surface area contributed by atoms with Crippen LogP contribution >= 0.6 is 15.9 Å². The van der Waals surface area contributed by atoms with Gasteiger partial charge in [-0.2, -0.15) is 0 Å². The normalized spacial score (nSPS) is 10.3. The third-order valence-electron chi connectivity index (χ3n) is 2.72. The van der Waals surface area contributed by atoms with E-state index in [1.54, 1.807) is 25.1 Å². The maximum Gasteiger partial charge on any atom is 0.311 e. The lowest BCUT2D eigenvalue weighted by molar-refractivity contribution is -0.385. The van der Waals surface area contributed by atoms with Crippen molar-refractivity contribution in [1.82, 2.24) is 0 Å². The van der Waals surface area contributed by atoms with Crippen LogP contribution < -0.4 is 4.74 Å². The zero-order valence-corrected chi connectivity index (χ0v) is 12.2. The van der Waals surface area contributed by atoms with Gasteiger partial charge in [-0.05, 0) is 24.6 Å². The summed E-state index contributed by atoms with van der Waals surface area (Å²) >= 11 is 3.23. The van der Waals surface area contributed by atoms with Crippen molar-refractivity contribution in [1.29, 1.82) is 0 Å². The Morgan fingerprint density at radius 1 is 1.35 bits per heavy atom. The van der Waals surface area contributed by atoms with Crippen LogP contribution in [-0.2, 0) is 5.33 Å². The quantitative estimate of drug-likeness (QED) is 0.459. The van der Waals surface area contributed by atoms with Gasteiger partial charge in [-0.15, -0.1) is 0 Å². The SMILES string of the molecule is Cc1ccc(Oc2c(F)cccc2CBr)c([N+](=O)[O-])c1. The van der Waals surface area contributed by atoms with E-state index in [0.29, 0.717) is 10.9 Å². The summed E-state index contributed by atoms with van der Waals surface area (Å²) in [5.41, 5.74) is 1.13. The Morgan fingerprint density at radius 3 is 2.75 bits per heavy atom. The van der Waals surface area contributed by atoms with Crippen LogP contribution in [0.2, 0.25) is 0 Å². The van der Waals surface area contributed by atoms with Crippen molar-refractivity contribution in [2.24, 2.45) is 0 Å². The van der Waals surface area contributed by atoms with Crippen LogP contribution in [0, 0.1) is 22.9 Å². The molecule has 6 heteroatoms. The molecule has 20 heavy (non-hydrogen) atoms. The lowest BCUT2D eigenvalue weighted by atomic mass is 10.2. The molecule has 0 fully saturated rings. The molecule has 0 unspecified atom stereocenters. The van der Waals surface area contributed by atoms with Crippen LogP contribution in [0.5, 0.6) is 11.5 Å². The number of alkyl halides is 1. The second kappa shape index (κ2) is 6.00. The zero-order valence-electron chi connectivity index (χ0n) is 10.6. The second-order valence-electron chi connectivity index (χ2n) is 4.19. The predicted octanol–water partition coefficient (Wildman–Crippen LogP) is 4.73. The van der Waals surface area contributed by atoms with Crippen LogP contribution in [0.4, 0.5) is 10.1 Å². The minimum absolute atomic E-state index is 0.00340. The first-order valence-corrected chi connectivity index (χ1v) is 6.91. The van der Waals surface area contributed by atoms with E-state index < -0.39 is 10.7 Å². The summed E-state index contributed by atoms with van der Waals surface area (Å²) < 4.78 is 19.3. The number of benzene rings is 2. The summed E-state index contributed by atoms with van der Waals surface area (Å²) in [6.07, 6.45) is 0. The first-order valence-electron chi connectivity index (χ1n) is 5.79. The second-order valence-corrected chi connectivity index (χ2v) is 4.75. The van der Waals surface area contributed by atoms with Gasteiger partial charge in [0.15, 0.2) is 11.6 Å². The molecule has 0 spiro atoms. The fourth-order valence-electron chi connectivity index (χ4n) is 1.74. The summed E-state index contributed by atoms with van der Waals surface area (Å²) in [7, 11) is 0. The standard InChI is InChI=1S/C14H11BrFNO3/c1-9-5-6-13(12(7-9)17(18)19)20-14-10(8-15)3-2-4-11(14)16/h2-7H,8H2,1H3. The van der Waals surface area contributed by atoms with Crippen molar-refractivity contribution in [3.05, 3.63) is 63.5 Å². The molecule has 4 nitrogen and oxygen atoms in total. The van der Waals surface area contributed by atoms with E-state index in [9.17, 15) is 14.5 Å². The first-order chi connectivity index (χ1) is 9.52. The Balaban J connectivity index is 2.48. The number of ether oxygens (including phenoxy) is 1. The van der Waals surface area contributed by atoms with E-state index in [4.69, 9.17) is 4.74 Å². The fraction of sp³-hybridized carbons (Fsp3) is 0.143. The van der Waals surface area contributed by atoms with Crippen molar-refractivity contribution in [2.45, 2.75) is 12.3 Å². The van der Waals surface area contributed by atoms with E-state index in [1.165, 1.54) is 18.2 Å². The Labute approximate surface area is 123 Å². The van der Waals surface area contributed by atoms with Crippen molar-refractivity contribution in [3.63, 3.8) is 0 Å². The lowest BCUT2D eigenvalue weighted by Crippen LogP contribution is -1.97. The molecule has 0 N–H and O–H groups in total. The molecule has 2 rings (SSSR count). The molecule has 0 aliphatic carbocycles.